The molecule has 6 rings (SSSR count). The van der Waals surface area contributed by atoms with Crippen molar-refractivity contribution in [3.8, 4) is 0 Å². The van der Waals surface area contributed by atoms with E-state index in [9.17, 15) is 0 Å². The van der Waals surface area contributed by atoms with Gasteiger partial charge in [-0.3, -0.25) is 19.8 Å². The van der Waals surface area contributed by atoms with Gasteiger partial charge in [-0.1, -0.05) is 126 Å². The van der Waals surface area contributed by atoms with Gasteiger partial charge in [0, 0.05) is 33.0 Å². The average Bonchev–Trinajstić information content (AvgIpc) is 3.53. The lowest BCUT2D eigenvalue weighted by Crippen LogP contribution is -2.26. The zero-order valence-corrected chi connectivity index (χ0v) is 28.2. The number of benzene rings is 2. The second kappa shape index (κ2) is 11.6. The summed E-state index contributed by atoms with van der Waals surface area (Å²) in [4.78, 5) is 26.8. The molecule has 0 amide bonds. The summed E-state index contributed by atoms with van der Waals surface area (Å²) in [5.41, 5.74) is 6.08. The van der Waals surface area contributed by atoms with E-state index in [0.29, 0.717) is 0 Å². The van der Waals surface area contributed by atoms with E-state index in [2.05, 4.69) is 126 Å². The molecular formula is C36H38N6S2. The lowest BCUT2D eigenvalue weighted by Gasteiger charge is -2.29. The molecule has 6 nitrogen and oxygen atoms in total. The Hall–Kier alpha value is -3.88. The third-order valence-corrected chi connectivity index (χ3v) is 9.80. The molecule has 0 bridgehead atoms. The van der Waals surface area contributed by atoms with Crippen LogP contribution in [0, 0.1) is 0 Å². The molecule has 0 radical (unpaired) electrons. The van der Waals surface area contributed by atoms with Crippen LogP contribution in [0.1, 0.15) is 77.9 Å². The van der Waals surface area contributed by atoms with E-state index in [0.717, 1.165) is 55.6 Å². The summed E-state index contributed by atoms with van der Waals surface area (Å²) in [7, 11) is 0. The Kier molecular flexibility index (Phi) is 7.92. The normalized spacial score (nSPS) is 17.7. The largest absolute Gasteiger partial charge is 0.284 e. The van der Waals surface area contributed by atoms with Crippen LogP contribution in [-0.4, -0.2) is 19.9 Å². The number of allylic oxidation sites excluding steroid dienone is 2. The number of nitrogens with zero attached hydrogens (tertiary/aromatic N) is 6. The van der Waals surface area contributed by atoms with Gasteiger partial charge in [-0.25, -0.2) is 9.97 Å². The smallest absolute Gasteiger partial charge is 0.156 e. The highest BCUT2D eigenvalue weighted by Gasteiger charge is 2.39. The molecule has 0 fully saturated rings. The van der Waals surface area contributed by atoms with Crippen molar-refractivity contribution in [1.82, 2.24) is 19.9 Å². The minimum Gasteiger partial charge on any atom is -0.284 e. The maximum absolute atomic E-state index is 5.21. The highest BCUT2D eigenvalue weighted by Crippen LogP contribution is 2.56. The quantitative estimate of drug-likeness (QED) is 0.224. The molecule has 0 atom stereocenters. The van der Waals surface area contributed by atoms with Crippen molar-refractivity contribution in [2.45, 2.75) is 66.2 Å². The van der Waals surface area contributed by atoms with Crippen molar-refractivity contribution < 1.29 is 0 Å². The molecule has 0 saturated carbocycles. The standard InChI is InChI=1S/C36H38N6S2/c1-23-31(25-15-11-9-12-16-25)41(29-21-37-19-27(39-29)35(3,4)5)33(43-23)34-42(30-22-38-20-28(40-30)36(6,7)8)32(24(2)44-34)26-17-13-10-14-18-26/h9-22H,1-8H3/b34-33+. The van der Waals surface area contributed by atoms with Gasteiger partial charge in [0.25, 0.3) is 0 Å². The summed E-state index contributed by atoms with van der Waals surface area (Å²) in [6.45, 7) is 17.4. The topological polar surface area (TPSA) is 58.0 Å². The van der Waals surface area contributed by atoms with E-state index >= 15 is 0 Å². The second-order valence-electron chi connectivity index (χ2n) is 13.1. The molecule has 44 heavy (non-hydrogen) atoms. The van der Waals surface area contributed by atoms with E-state index in [1.807, 2.05) is 24.8 Å². The van der Waals surface area contributed by atoms with E-state index < -0.39 is 0 Å². The van der Waals surface area contributed by atoms with Crippen molar-refractivity contribution in [1.29, 1.82) is 0 Å². The minimum absolute atomic E-state index is 0.148. The second-order valence-corrected chi connectivity index (χ2v) is 15.5. The predicted molar refractivity (Wildman–Crippen MR) is 187 cm³/mol. The van der Waals surface area contributed by atoms with Crippen LogP contribution < -0.4 is 9.80 Å². The zero-order valence-electron chi connectivity index (χ0n) is 26.6. The first-order valence-corrected chi connectivity index (χ1v) is 16.4. The summed E-state index contributed by atoms with van der Waals surface area (Å²) in [5.74, 6) is 1.59. The molecule has 224 valence electrons. The lowest BCUT2D eigenvalue weighted by molar-refractivity contribution is 0.565. The molecule has 0 saturated heterocycles. The Labute approximate surface area is 269 Å². The third-order valence-electron chi connectivity index (χ3n) is 7.54. The van der Waals surface area contributed by atoms with E-state index in [-0.39, 0.29) is 10.8 Å². The molecule has 2 aromatic heterocycles. The Morgan fingerprint density at radius 2 is 0.886 bits per heavy atom. The average molecular weight is 619 g/mol. The molecule has 2 aliphatic rings. The maximum atomic E-state index is 5.21. The van der Waals surface area contributed by atoms with E-state index in [1.165, 1.54) is 9.81 Å². The van der Waals surface area contributed by atoms with Crippen LogP contribution in [0.15, 0.2) is 105 Å². The third kappa shape index (κ3) is 5.69. The van der Waals surface area contributed by atoms with Crippen LogP contribution in [0.5, 0.6) is 0 Å². The fraction of sp³-hybridized carbons (Fsp3) is 0.278. The molecule has 0 unspecified atom stereocenters. The fourth-order valence-corrected chi connectivity index (χ4v) is 7.57. The van der Waals surface area contributed by atoms with Crippen molar-refractivity contribution in [3.05, 3.63) is 128 Å². The number of hydrogen-bond acceptors (Lipinski definition) is 8. The lowest BCUT2D eigenvalue weighted by atomic mass is 9.93. The highest BCUT2D eigenvalue weighted by molar-refractivity contribution is 8.11. The SMILES string of the molecule is CC1=C(c2ccccc2)N(c2cncc(C(C)(C)C)n2)/C(=C2\SC(C)=C(c3ccccc3)N2c2cncc(C(C)(C)C)n2)S1. The Bertz CT molecular complexity index is 1660. The number of thioether (sulfide) groups is 2. The first kappa shape index (κ1) is 30.2. The van der Waals surface area contributed by atoms with Gasteiger partial charge >= 0.3 is 0 Å². The van der Waals surface area contributed by atoms with Gasteiger partial charge in [-0.15, -0.1) is 0 Å². The number of hydrogen-bond donors (Lipinski definition) is 0. The van der Waals surface area contributed by atoms with Crippen molar-refractivity contribution in [2.24, 2.45) is 0 Å². The summed E-state index contributed by atoms with van der Waals surface area (Å²) >= 11 is 3.54. The first-order valence-electron chi connectivity index (χ1n) is 14.8. The van der Waals surface area contributed by atoms with Gasteiger partial charge in [0.2, 0.25) is 0 Å². The summed E-state index contributed by atoms with van der Waals surface area (Å²) < 4.78 is 0. The minimum atomic E-state index is -0.148. The van der Waals surface area contributed by atoms with Crippen molar-refractivity contribution in [3.63, 3.8) is 0 Å². The molecule has 2 aromatic carbocycles. The van der Waals surface area contributed by atoms with Gasteiger partial charge in [0.1, 0.15) is 10.1 Å². The molecule has 4 heterocycles. The molecule has 0 aliphatic carbocycles. The summed E-state index contributed by atoms with van der Waals surface area (Å²) in [6.07, 6.45) is 7.50. The van der Waals surface area contributed by atoms with Gasteiger partial charge in [-0.05, 0) is 25.0 Å². The zero-order chi connectivity index (χ0) is 31.2. The maximum Gasteiger partial charge on any atom is 0.156 e. The fourth-order valence-electron chi connectivity index (χ4n) is 5.22. The molecule has 0 N–H and O–H groups in total. The molecular weight excluding hydrogens is 581 g/mol. The predicted octanol–water partition coefficient (Wildman–Crippen LogP) is 9.57. The molecule has 8 heteroatoms. The van der Waals surface area contributed by atoms with Crippen LogP contribution in [-0.2, 0) is 10.8 Å². The van der Waals surface area contributed by atoms with Gasteiger partial charge in [-0.2, -0.15) is 0 Å². The van der Waals surface area contributed by atoms with Crippen LogP contribution in [0.25, 0.3) is 11.4 Å². The van der Waals surface area contributed by atoms with Crippen molar-refractivity contribution in [2.75, 3.05) is 9.80 Å². The highest BCUT2D eigenvalue weighted by atomic mass is 32.2. The number of anilines is 2. The van der Waals surface area contributed by atoms with Crippen LogP contribution in [0.3, 0.4) is 0 Å². The molecule has 0 spiro atoms. The van der Waals surface area contributed by atoms with E-state index in [1.54, 1.807) is 23.5 Å². The van der Waals surface area contributed by atoms with Crippen LogP contribution in [0.4, 0.5) is 11.6 Å². The summed E-state index contributed by atoms with van der Waals surface area (Å²) in [6, 6.07) is 21.1. The Morgan fingerprint density at radius 1 is 0.523 bits per heavy atom. The molecule has 4 aromatic rings. The number of aromatic nitrogens is 4. The van der Waals surface area contributed by atoms with Crippen molar-refractivity contribution >= 4 is 46.6 Å². The monoisotopic (exact) mass is 618 g/mol. The Morgan fingerprint density at radius 3 is 1.23 bits per heavy atom. The molecule has 2 aliphatic heterocycles. The Balaban J connectivity index is 1.61. The van der Waals surface area contributed by atoms with Gasteiger partial charge < -0.3 is 0 Å². The van der Waals surface area contributed by atoms with Crippen LogP contribution >= 0.6 is 23.5 Å². The van der Waals surface area contributed by atoms with Crippen LogP contribution in [0.2, 0.25) is 0 Å². The first-order chi connectivity index (χ1) is 20.9. The summed E-state index contributed by atoms with van der Waals surface area (Å²) in [5, 5.41) is 2.14. The van der Waals surface area contributed by atoms with Gasteiger partial charge in [0.15, 0.2) is 11.6 Å². The van der Waals surface area contributed by atoms with Gasteiger partial charge in [0.05, 0.1) is 35.2 Å². The van der Waals surface area contributed by atoms with E-state index in [4.69, 9.17) is 19.9 Å². The number of rotatable bonds is 4.